The van der Waals surface area contributed by atoms with Gasteiger partial charge >= 0.3 is 0 Å². The Hall–Kier alpha value is -3.41. The van der Waals surface area contributed by atoms with E-state index in [0.717, 1.165) is 5.56 Å². The Morgan fingerprint density at radius 3 is 2.19 bits per heavy atom. The second-order valence-corrected chi connectivity index (χ2v) is 5.73. The predicted octanol–water partition coefficient (Wildman–Crippen LogP) is 4.56. The molecule has 0 radical (unpaired) electrons. The number of carbonyl (C=O) groups excluding carboxylic acids is 1. The maximum Gasteiger partial charge on any atom is 0.262 e. The van der Waals surface area contributed by atoms with Gasteiger partial charge in [0.2, 0.25) is 0 Å². The van der Waals surface area contributed by atoms with Gasteiger partial charge in [-0.05, 0) is 54.1 Å². The van der Waals surface area contributed by atoms with Gasteiger partial charge < -0.3 is 14.8 Å². The number of carbonyl (C=O) groups is 1. The molecule has 0 aliphatic rings. The molecule has 0 aromatic heterocycles. The van der Waals surface area contributed by atoms with Crippen molar-refractivity contribution < 1.29 is 23.0 Å². The maximum absolute atomic E-state index is 12.9. The highest BCUT2D eigenvalue weighted by atomic mass is 19.1. The molecule has 0 spiro atoms. The van der Waals surface area contributed by atoms with Crippen LogP contribution < -0.4 is 14.8 Å². The molecule has 0 unspecified atom stereocenters. The van der Waals surface area contributed by atoms with Gasteiger partial charge in [0.1, 0.15) is 29.7 Å². The Balaban J connectivity index is 1.51. The summed E-state index contributed by atoms with van der Waals surface area (Å²) in [5.41, 5.74) is 1.39. The standard InChI is InChI=1S/C21H17F2NO3/c22-16-6-4-15(5-7-16)13-26-20-3-1-2-18(12-20)24-21(25)14-27-19-10-8-17(23)9-11-19/h1-12H,13-14H2,(H,24,25). The zero-order chi connectivity index (χ0) is 19.1. The largest absolute Gasteiger partial charge is 0.489 e. The van der Waals surface area contributed by atoms with Crippen LogP contribution in [0, 0.1) is 11.6 Å². The predicted molar refractivity (Wildman–Crippen MR) is 97.7 cm³/mol. The first-order valence-electron chi connectivity index (χ1n) is 8.24. The van der Waals surface area contributed by atoms with Crippen LogP contribution in [0.1, 0.15) is 5.56 Å². The number of anilines is 1. The first-order chi connectivity index (χ1) is 13.1. The highest BCUT2D eigenvalue weighted by Gasteiger charge is 2.05. The minimum Gasteiger partial charge on any atom is -0.489 e. The van der Waals surface area contributed by atoms with Gasteiger partial charge in [0.25, 0.3) is 5.91 Å². The second kappa shape index (κ2) is 8.80. The number of benzene rings is 3. The molecule has 6 heteroatoms. The summed E-state index contributed by atoms with van der Waals surface area (Å²) in [6.45, 7) is 0.0810. The third-order valence-electron chi connectivity index (χ3n) is 3.62. The van der Waals surface area contributed by atoms with Crippen molar-refractivity contribution in [3.8, 4) is 11.5 Å². The molecular formula is C21H17F2NO3. The van der Waals surface area contributed by atoms with Crippen LogP contribution in [0.25, 0.3) is 0 Å². The summed E-state index contributed by atoms with van der Waals surface area (Å²) in [7, 11) is 0. The summed E-state index contributed by atoms with van der Waals surface area (Å²) >= 11 is 0. The van der Waals surface area contributed by atoms with E-state index in [1.807, 2.05) is 0 Å². The zero-order valence-electron chi connectivity index (χ0n) is 14.3. The fraction of sp³-hybridized carbons (Fsp3) is 0.0952. The second-order valence-electron chi connectivity index (χ2n) is 5.73. The van der Waals surface area contributed by atoms with Gasteiger partial charge in [-0.15, -0.1) is 0 Å². The van der Waals surface area contributed by atoms with Crippen LogP contribution in [0.3, 0.4) is 0 Å². The Kier molecular flexibility index (Phi) is 5.99. The minimum atomic E-state index is -0.371. The summed E-state index contributed by atoms with van der Waals surface area (Å²) in [5, 5.41) is 2.70. The molecule has 1 amide bonds. The number of hydrogen-bond donors (Lipinski definition) is 1. The molecule has 0 saturated heterocycles. The average molecular weight is 369 g/mol. The minimum absolute atomic E-state index is 0.202. The van der Waals surface area contributed by atoms with Gasteiger partial charge in [0.05, 0.1) is 0 Å². The highest BCUT2D eigenvalue weighted by Crippen LogP contribution is 2.19. The molecule has 0 fully saturated rings. The molecule has 27 heavy (non-hydrogen) atoms. The highest BCUT2D eigenvalue weighted by molar-refractivity contribution is 5.92. The molecular weight excluding hydrogens is 352 g/mol. The molecule has 0 aliphatic carbocycles. The van der Waals surface area contributed by atoms with Crippen molar-refractivity contribution in [1.82, 2.24) is 0 Å². The van der Waals surface area contributed by atoms with Crippen molar-refractivity contribution in [2.45, 2.75) is 6.61 Å². The van der Waals surface area contributed by atoms with E-state index >= 15 is 0 Å². The van der Waals surface area contributed by atoms with Gasteiger partial charge in [-0.1, -0.05) is 18.2 Å². The molecule has 138 valence electrons. The molecule has 0 atom stereocenters. The zero-order valence-corrected chi connectivity index (χ0v) is 14.3. The number of ether oxygens (including phenoxy) is 2. The van der Waals surface area contributed by atoms with Crippen molar-refractivity contribution in [3.05, 3.63) is 90.0 Å². The monoisotopic (exact) mass is 369 g/mol. The van der Waals surface area contributed by atoms with Gasteiger partial charge in [0, 0.05) is 11.8 Å². The summed E-state index contributed by atoms with van der Waals surface area (Å²) in [5.74, 6) is -0.0508. The molecule has 0 saturated carbocycles. The quantitative estimate of drug-likeness (QED) is 0.664. The van der Waals surface area contributed by atoms with Gasteiger partial charge in [-0.3, -0.25) is 4.79 Å². The molecule has 1 N–H and O–H groups in total. The van der Waals surface area contributed by atoms with Crippen LogP contribution >= 0.6 is 0 Å². The molecule has 0 aliphatic heterocycles. The SMILES string of the molecule is O=C(COc1ccc(F)cc1)Nc1cccc(OCc2ccc(F)cc2)c1. The first kappa shape index (κ1) is 18.4. The molecule has 3 aromatic carbocycles. The van der Waals surface area contributed by atoms with E-state index in [2.05, 4.69) is 5.32 Å². The molecule has 0 bridgehead atoms. The van der Waals surface area contributed by atoms with Crippen LogP contribution in [0.4, 0.5) is 14.5 Å². The smallest absolute Gasteiger partial charge is 0.262 e. The van der Waals surface area contributed by atoms with E-state index in [-0.39, 0.29) is 30.8 Å². The van der Waals surface area contributed by atoms with E-state index in [1.54, 1.807) is 36.4 Å². The van der Waals surface area contributed by atoms with Crippen molar-refractivity contribution >= 4 is 11.6 Å². The van der Waals surface area contributed by atoms with Crippen LogP contribution in [0.15, 0.2) is 72.8 Å². The normalized spacial score (nSPS) is 10.3. The maximum atomic E-state index is 12.9. The summed E-state index contributed by atoms with van der Waals surface area (Å²) in [6.07, 6.45) is 0. The average Bonchev–Trinajstić information content (AvgIpc) is 2.67. The van der Waals surface area contributed by atoms with E-state index < -0.39 is 0 Å². The lowest BCUT2D eigenvalue weighted by molar-refractivity contribution is -0.118. The number of nitrogens with one attached hydrogen (secondary N) is 1. The first-order valence-corrected chi connectivity index (χ1v) is 8.24. The van der Waals surface area contributed by atoms with Crippen molar-refractivity contribution in [2.75, 3.05) is 11.9 Å². The van der Waals surface area contributed by atoms with E-state index in [1.165, 1.54) is 36.4 Å². The van der Waals surface area contributed by atoms with Crippen molar-refractivity contribution in [1.29, 1.82) is 0 Å². The van der Waals surface area contributed by atoms with Crippen LogP contribution in [-0.2, 0) is 11.4 Å². The Bertz CT molecular complexity index is 896. The Morgan fingerprint density at radius 1 is 0.815 bits per heavy atom. The Morgan fingerprint density at radius 2 is 1.48 bits per heavy atom. The fourth-order valence-corrected chi connectivity index (χ4v) is 2.29. The van der Waals surface area contributed by atoms with Crippen LogP contribution in [0.2, 0.25) is 0 Å². The molecule has 3 aromatic rings. The third-order valence-corrected chi connectivity index (χ3v) is 3.62. The third kappa shape index (κ3) is 5.81. The lowest BCUT2D eigenvalue weighted by atomic mass is 10.2. The molecule has 3 rings (SSSR count). The van der Waals surface area contributed by atoms with Crippen LogP contribution in [0.5, 0.6) is 11.5 Å². The van der Waals surface area contributed by atoms with E-state index in [0.29, 0.717) is 17.2 Å². The van der Waals surface area contributed by atoms with Gasteiger partial charge in [-0.25, -0.2) is 8.78 Å². The number of rotatable bonds is 7. The Labute approximate surface area is 155 Å². The van der Waals surface area contributed by atoms with Crippen molar-refractivity contribution in [2.24, 2.45) is 0 Å². The van der Waals surface area contributed by atoms with E-state index in [4.69, 9.17) is 9.47 Å². The van der Waals surface area contributed by atoms with Gasteiger partial charge in [0.15, 0.2) is 6.61 Å². The summed E-state index contributed by atoms with van der Waals surface area (Å²) in [6, 6.07) is 18.4. The molecule has 4 nitrogen and oxygen atoms in total. The van der Waals surface area contributed by atoms with Crippen molar-refractivity contribution in [3.63, 3.8) is 0 Å². The van der Waals surface area contributed by atoms with Crippen LogP contribution in [-0.4, -0.2) is 12.5 Å². The fourth-order valence-electron chi connectivity index (χ4n) is 2.29. The summed E-state index contributed by atoms with van der Waals surface area (Å²) < 4.78 is 36.7. The molecule has 0 heterocycles. The number of hydrogen-bond acceptors (Lipinski definition) is 3. The number of halogens is 2. The van der Waals surface area contributed by atoms with Gasteiger partial charge in [-0.2, -0.15) is 0 Å². The topological polar surface area (TPSA) is 47.6 Å². The summed E-state index contributed by atoms with van der Waals surface area (Å²) in [4.78, 5) is 12.0. The lowest BCUT2D eigenvalue weighted by Crippen LogP contribution is -2.20. The number of amides is 1. The lowest BCUT2D eigenvalue weighted by Gasteiger charge is -2.10. The van der Waals surface area contributed by atoms with E-state index in [9.17, 15) is 13.6 Å².